The van der Waals surface area contributed by atoms with Gasteiger partial charge in [-0.25, -0.2) is 17.8 Å². The molecule has 1 aromatic heterocycles. The van der Waals surface area contributed by atoms with Gasteiger partial charge >= 0.3 is 51.4 Å². The van der Waals surface area contributed by atoms with E-state index in [0.717, 1.165) is 25.0 Å². The molecule has 1 aromatic carbocycles. The molecule has 0 radical (unpaired) electrons. The fourth-order valence-corrected chi connectivity index (χ4v) is 4.28. The first-order valence-electron chi connectivity index (χ1n) is 8.88. The maximum Gasteiger partial charge on any atom is 1.00 e. The zero-order valence-corrected chi connectivity index (χ0v) is 20.1. The summed E-state index contributed by atoms with van der Waals surface area (Å²) in [6.07, 6.45) is 3.42. The first-order chi connectivity index (χ1) is 13.3. The maximum absolute atomic E-state index is 13.6. The number of ketones is 1. The molecule has 10 heteroatoms. The quantitative estimate of drug-likeness (QED) is 0.632. The number of fused-ring (bicyclic) bond motifs is 1. The van der Waals surface area contributed by atoms with Gasteiger partial charge in [0.05, 0.1) is 23.7 Å². The number of carbonyl (C=O) groups excluding carboxylic acids is 1. The van der Waals surface area contributed by atoms with Gasteiger partial charge in [0.2, 0.25) is 5.88 Å². The zero-order valence-electron chi connectivity index (χ0n) is 16.1. The summed E-state index contributed by atoms with van der Waals surface area (Å²) in [5.74, 6) is -0.681. The van der Waals surface area contributed by atoms with Gasteiger partial charge in [0, 0.05) is 18.0 Å². The zero-order chi connectivity index (χ0) is 19.9. The summed E-state index contributed by atoms with van der Waals surface area (Å²) < 4.78 is 53.7. The molecule has 0 unspecified atom stereocenters. The molecule has 148 valence electrons. The van der Waals surface area contributed by atoms with Gasteiger partial charge < -0.3 is 14.2 Å². The predicted octanol–water partition coefficient (Wildman–Crippen LogP) is 0.763. The molecule has 0 amide bonds. The number of Topliss-reactive ketones (excluding diaryl/α,β-unsaturated/α-hetero) is 1. The van der Waals surface area contributed by atoms with Crippen molar-refractivity contribution >= 4 is 21.5 Å². The normalized spacial score (nSPS) is 16.8. The Bertz CT molecular complexity index is 1060. The number of rotatable bonds is 5. The second kappa shape index (κ2) is 8.60. The summed E-state index contributed by atoms with van der Waals surface area (Å²) in [6.45, 7) is 2.32. The number of aromatic nitrogens is 1. The van der Waals surface area contributed by atoms with E-state index in [-0.39, 0.29) is 97.0 Å². The Balaban J connectivity index is 0.00000240. The van der Waals surface area contributed by atoms with Crippen LogP contribution in [0.4, 0.5) is 10.1 Å². The number of hydrogen-bond acceptors (Lipinski definition) is 6. The van der Waals surface area contributed by atoms with E-state index in [1.807, 2.05) is 0 Å². The van der Waals surface area contributed by atoms with Gasteiger partial charge in [-0.1, -0.05) is 6.07 Å². The van der Waals surface area contributed by atoms with Crippen LogP contribution >= 0.6 is 0 Å². The summed E-state index contributed by atoms with van der Waals surface area (Å²) in [7, 11) is -4.28. The third-order valence-corrected chi connectivity index (χ3v) is 6.18. The molecule has 4 rings (SSSR count). The van der Waals surface area contributed by atoms with Crippen molar-refractivity contribution < 1.29 is 78.5 Å². The Hall–Kier alpha value is -1.04. The van der Waals surface area contributed by atoms with Crippen LogP contribution in [0.3, 0.4) is 0 Å². The first kappa shape index (κ1) is 22.6. The van der Waals surface area contributed by atoms with Crippen molar-refractivity contribution in [1.29, 1.82) is 0 Å². The van der Waals surface area contributed by atoms with Crippen LogP contribution in [0, 0.1) is 11.2 Å². The number of ether oxygens (including phenoxy) is 2. The van der Waals surface area contributed by atoms with E-state index < -0.39 is 15.8 Å². The van der Waals surface area contributed by atoms with Gasteiger partial charge in [0.25, 0.3) is 0 Å². The topological polar surface area (TPSA) is 96.7 Å². The number of nitrogens with zero attached hydrogens (tertiary/aromatic N) is 2. The molecule has 0 atom stereocenters. The minimum Gasteiger partial charge on any atom is -0.571 e. The van der Waals surface area contributed by atoms with E-state index in [9.17, 15) is 17.6 Å². The van der Waals surface area contributed by atoms with Gasteiger partial charge in [0.15, 0.2) is 5.78 Å². The van der Waals surface area contributed by atoms with Crippen LogP contribution < -0.4 is 60.9 Å². The van der Waals surface area contributed by atoms with Crippen LogP contribution in [0.15, 0.2) is 35.4 Å². The van der Waals surface area contributed by atoms with Gasteiger partial charge in [-0.2, -0.15) is 0 Å². The molecule has 1 aliphatic heterocycles. The third-order valence-electron chi connectivity index (χ3n) is 4.85. The number of halogens is 1. The number of carbonyl (C=O) groups is 1. The minimum absolute atomic E-state index is 0. The van der Waals surface area contributed by atoms with Crippen LogP contribution in [0.1, 0.15) is 36.5 Å². The van der Waals surface area contributed by atoms with Gasteiger partial charge in [-0.3, -0.25) is 4.79 Å². The van der Waals surface area contributed by atoms with Crippen molar-refractivity contribution in [1.82, 2.24) is 4.98 Å². The second-order valence-corrected chi connectivity index (χ2v) is 8.60. The molecular formula is C19H18FKN2O5S. The van der Waals surface area contributed by atoms with Crippen molar-refractivity contribution in [2.45, 2.75) is 31.1 Å². The van der Waals surface area contributed by atoms with Crippen LogP contribution in [0.2, 0.25) is 0 Å². The van der Waals surface area contributed by atoms with Crippen molar-refractivity contribution in [3.63, 3.8) is 0 Å². The predicted molar refractivity (Wildman–Crippen MR) is 98.1 cm³/mol. The minimum atomic E-state index is -4.28. The monoisotopic (exact) mass is 444 g/mol. The average molecular weight is 445 g/mol. The van der Waals surface area contributed by atoms with Gasteiger partial charge in [-0.05, 0) is 38.0 Å². The molecule has 2 aliphatic rings. The maximum atomic E-state index is 13.6. The molecule has 7 nitrogen and oxygen atoms in total. The molecule has 29 heavy (non-hydrogen) atoms. The summed E-state index contributed by atoms with van der Waals surface area (Å²) in [6, 6.07) is 4.55. The Morgan fingerprint density at radius 3 is 2.76 bits per heavy atom. The van der Waals surface area contributed by atoms with Crippen LogP contribution in [0.5, 0.6) is 11.6 Å². The fourth-order valence-electron chi connectivity index (χ4n) is 3.16. The summed E-state index contributed by atoms with van der Waals surface area (Å²) in [4.78, 5) is 16.2. The molecule has 1 fully saturated rings. The molecule has 0 saturated heterocycles. The standard InChI is InChI=1S/C19H18FN2O5S.K/c1-2-26-16-4-3-12(20)7-17(16)28(24,25)22-13-8-14-15(23)9-19(5-6-19)11-27-18(14)21-10-13;/h3-4,7-8,10H,2,5-6,9,11H2,1H3;/q-1;+1. The van der Waals surface area contributed by atoms with Crippen molar-refractivity contribution in [3.05, 3.63) is 46.6 Å². The largest absolute Gasteiger partial charge is 1.00 e. The van der Waals surface area contributed by atoms with E-state index in [4.69, 9.17) is 9.47 Å². The van der Waals surface area contributed by atoms with E-state index >= 15 is 0 Å². The molecule has 0 bridgehead atoms. The Morgan fingerprint density at radius 2 is 2.07 bits per heavy atom. The average Bonchev–Trinajstić information content (AvgIpc) is 3.43. The van der Waals surface area contributed by atoms with E-state index in [2.05, 4.69) is 9.71 Å². The molecule has 2 aromatic rings. The van der Waals surface area contributed by atoms with Gasteiger partial charge in [0.1, 0.15) is 21.6 Å². The summed E-state index contributed by atoms with van der Waals surface area (Å²) >= 11 is 0. The third kappa shape index (κ3) is 4.83. The molecule has 1 spiro atoms. The Labute approximate surface area is 210 Å². The van der Waals surface area contributed by atoms with Crippen molar-refractivity contribution in [2.24, 2.45) is 5.41 Å². The van der Waals surface area contributed by atoms with E-state index in [1.165, 1.54) is 18.3 Å². The van der Waals surface area contributed by atoms with Crippen LogP contribution in [-0.4, -0.2) is 32.4 Å². The Kier molecular flexibility index (Phi) is 6.71. The molecule has 2 heterocycles. The number of hydrogen-bond donors (Lipinski definition) is 0. The Morgan fingerprint density at radius 1 is 1.31 bits per heavy atom. The first-order valence-corrected chi connectivity index (χ1v) is 10.3. The SMILES string of the molecule is CCOc1ccc(F)cc1S(=O)(=O)[N-]c1cnc2c(c1)C(=O)CC1(CC1)CO2.[K+]. The molecule has 1 aliphatic carbocycles. The van der Waals surface area contributed by atoms with Crippen molar-refractivity contribution in [3.8, 4) is 11.6 Å². The summed E-state index contributed by atoms with van der Waals surface area (Å²) in [5.41, 5.74) is 0.0634. The summed E-state index contributed by atoms with van der Waals surface area (Å²) in [5, 5.41) is 0. The fraction of sp³-hybridized carbons (Fsp3) is 0.368. The number of pyridine rings is 1. The van der Waals surface area contributed by atoms with Gasteiger partial charge in [-0.15, -0.1) is 5.69 Å². The number of benzene rings is 1. The van der Waals surface area contributed by atoms with E-state index in [1.54, 1.807) is 6.92 Å². The number of sulfonamides is 1. The van der Waals surface area contributed by atoms with Crippen LogP contribution in [-0.2, 0) is 10.0 Å². The van der Waals surface area contributed by atoms with Crippen molar-refractivity contribution in [2.75, 3.05) is 13.2 Å². The second-order valence-electron chi connectivity index (χ2n) is 7.03. The molecule has 0 N–H and O–H groups in total. The molecular weight excluding hydrogens is 426 g/mol. The van der Waals surface area contributed by atoms with E-state index in [0.29, 0.717) is 13.0 Å². The van der Waals surface area contributed by atoms with Crippen LogP contribution in [0.25, 0.3) is 4.72 Å². The molecule has 1 saturated carbocycles. The smallest absolute Gasteiger partial charge is 0.571 e.